The smallest absolute Gasteiger partial charge is 0.319 e. The summed E-state index contributed by atoms with van der Waals surface area (Å²) in [5, 5.41) is 6.62. The van der Waals surface area contributed by atoms with Crippen molar-refractivity contribution in [2.45, 2.75) is 31.8 Å². The van der Waals surface area contributed by atoms with Crippen LogP contribution in [0, 0.1) is 0 Å². The third kappa shape index (κ3) is 5.25. The Labute approximate surface area is 187 Å². The summed E-state index contributed by atoms with van der Waals surface area (Å²) < 4.78 is 12.0. The molecule has 0 aliphatic carbocycles. The zero-order valence-electron chi connectivity index (χ0n) is 17.5. The van der Waals surface area contributed by atoms with Crippen molar-refractivity contribution in [3.63, 3.8) is 0 Å². The molecular weight excluding hydrogens is 412 g/mol. The second-order valence-corrected chi connectivity index (χ2v) is 8.36. The van der Waals surface area contributed by atoms with Gasteiger partial charge in [-0.3, -0.25) is 0 Å². The summed E-state index contributed by atoms with van der Waals surface area (Å²) in [6, 6.07) is 24.3. The lowest BCUT2D eigenvalue weighted by Crippen LogP contribution is -2.52. The molecule has 1 aliphatic rings. The summed E-state index contributed by atoms with van der Waals surface area (Å²) in [6.45, 7) is 4.09. The molecule has 6 heteroatoms. The van der Waals surface area contributed by atoms with Crippen molar-refractivity contribution in [2.75, 3.05) is 11.9 Å². The van der Waals surface area contributed by atoms with Crippen molar-refractivity contribution >= 4 is 23.3 Å². The van der Waals surface area contributed by atoms with Gasteiger partial charge in [0.05, 0.1) is 18.3 Å². The van der Waals surface area contributed by atoms with E-state index in [-0.39, 0.29) is 18.2 Å². The molecule has 1 saturated heterocycles. The normalized spacial score (nSPS) is 20.1. The minimum atomic E-state index is -0.728. The third-order valence-electron chi connectivity index (χ3n) is 5.14. The highest BCUT2D eigenvalue weighted by molar-refractivity contribution is 6.30. The number of rotatable bonds is 4. The number of carbonyl (C=O) groups excluding carboxylic acids is 1. The lowest BCUT2D eigenvalue weighted by atomic mass is 10.0. The topological polar surface area (TPSA) is 59.6 Å². The summed E-state index contributed by atoms with van der Waals surface area (Å²) in [4.78, 5) is 12.9. The van der Waals surface area contributed by atoms with Crippen molar-refractivity contribution in [3.8, 4) is 11.1 Å². The van der Waals surface area contributed by atoms with E-state index in [9.17, 15) is 4.79 Å². The van der Waals surface area contributed by atoms with Crippen LogP contribution in [-0.2, 0) is 9.47 Å². The molecule has 3 aromatic rings. The monoisotopic (exact) mass is 436 g/mol. The van der Waals surface area contributed by atoms with Gasteiger partial charge in [-0.1, -0.05) is 72.3 Å². The van der Waals surface area contributed by atoms with Gasteiger partial charge in [-0.25, -0.2) is 4.79 Å². The van der Waals surface area contributed by atoms with Crippen LogP contribution in [0.4, 0.5) is 10.5 Å². The maximum Gasteiger partial charge on any atom is 0.319 e. The van der Waals surface area contributed by atoms with Gasteiger partial charge in [0.25, 0.3) is 0 Å². The van der Waals surface area contributed by atoms with Crippen LogP contribution in [0.25, 0.3) is 11.1 Å². The van der Waals surface area contributed by atoms with Gasteiger partial charge in [-0.2, -0.15) is 0 Å². The molecule has 2 atom stereocenters. The highest BCUT2D eigenvalue weighted by atomic mass is 35.5. The molecule has 31 heavy (non-hydrogen) atoms. The Balaban J connectivity index is 1.52. The van der Waals surface area contributed by atoms with Gasteiger partial charge in [-0.05, 0) is 43.2 Å². The van der Waals surface area contributed by atoms with Crippen molar-refractivity contribution in [2.24, 2.45) is 0 Å². The third-order valence-corrected chi connectivity index (χ3v) is 5.38. The van der Waals surface area contributed by atoms with Gasteiger partial charge >= 0.3 is 6.03 Å². The fourth-order valence-electron chi connectivity index (χ4n) is 3.69. The first-order chi connectivity index (χ1) is 14.9. The summed E-state index contributed by atoms with van der Waals surface area (Å²) in [5.41, 5.74) is 3.49. The van der Waals surface area contributed by atoms with E-state index in [1.54, 1.807) is 0 Å². The molecule has 0 aromatic heterocycles. The molecule has 1 fully saturated rings. The van der Waals surface area contributed by atoms with Crippen LogP contribution >= 0.6 is 11.6 Å². The maximum atomic E-state index is 12.9. The van der Waals surface area contributed by atoms with Gasteiger partial charge in [0.2, 0.25) is 0 Å². The SMILES string of the molecule is CC1(C)OCC(NC(=O)Nc2ccccc2-c2cccc(Cl)c2)C(c2ccccc2)O1. The number of carbonyl (C=O) groups is 1. The van der Waals surface area contributed by atoms with E-state index in [0.717, 1.165) is 16.7 Å². The predicted molar refractivity (Wildman–Crippen MR) is 123 cm³/mol. The van der Waals surface area contributed by atoms with E-state index in [4.69, 9.17) is 21.1 Å². The number of urea groups is 1. The largest absolute Gasteiger partial charge is 0.348 e. The first-order valence-electron chi connectivity index (χ1n) is 10.2. The Bertz CT molecular complexity index is 1060. The Kier molecular flexibility index (Phi) is 6.28. The second kappa shape index (κ2) is 9.10. The molecule has 0 saturated carbocycles. The molecule has 2 amide bonds. The van der Waals surface area contributed by atoms with Crippen molar-refractivity contribution in [1.29, 1.82) is 0 Å². The number of para-hydroxylation sites is 1. The fraction of sp³-hybridized carbons (Fsp3) is 0.240. The van der Waals surface area contributed by atoms with Crippen molar-refractivity contribution in [1.82, 2.24) is 5.32 Å². The number of hydrogen-bond acceptors (Lipinski definition) is 3. The second-order valence-electron chi connectivity index (χ2n) is 7.92. The summed E-state index contributed by atoms with van der Waals surface area (Å²) in [6.07, 6.45) is -0.320. The molecule has 0 spiro atoms. The minimum absolute atomic E-state index is 0.320. The lowest BCUT2D eigenvalue weighted by Gasteiger charge is -2.41. The Morgan fingerprint density at radius 1 is 1.00 bits per heavy atom. The van der Waals surface area contributed by atoms with Gasteiger partial charge in [0.15, 0.2) is 5.79 Å². The fourth-order valence-corrected chi connectivity index (χ4v) is 3.88. The standard InChI is InChI=1S/C25H25ClN2O3/c1-25(2)30-16-22(23(31-25)17-9-4-3-5-10-17)28-24(29)27-21-14-7-6-13-20(21)18-11-8-12-19(26)15-18/h3-15,22-23H,16H2,1-2H3,(H2,27,28,29). The number of hydrogen-bond donors (Lipinski definition) is 2. The number of halogens is 1. The van der Waals surface area contributed by atoms with Crippen LogP contribution in [0.15, 0.2) is 78.9 Å². The summed E-state index contributed by atoms with van der Waals surface area (Å²) in [7, 11) is 0. The van der Waals surface area contributed by atoms with Crippen LogP contribution in [0.1, 0.15) is 25.5 Å². The molecule has 1 aliphatic heterocycles. The van der Waals surface area contributed by atoms with Crippen LogP contribution in [0.2, 0.25) is 5.02 Å². The zero-order chi connectivity index (χ0) is 21.8. The first-order valence-corrected chi connectivity index (χ1v) is 10.6. The minimum Gasteiger partial charge on any atom is -0.348 e. The molecule has 2 N–H and O–H groups in total. The van der Waals surface area contributed by atoms with Crippen LogP contribution in [0.3, 0.4) is 0 Å². The van der Waals surface area contributed by atoms with Crippen LogP contribution in [-0.4, -0.2) is 24.5 Å². The molecule has 1 heterocycles. The van der Waals surface area contributed by atoms with Crippen LogP contribution in [0.5, 0.6) is 0 Å². The number of anilines is 1. The molecule has 0 radical (unpaired) electrons. The Morgan fingerprint density at radius 2 is 1.74 bits per heavy atom. The van der Waals surface area contributed by atoms with Gasteiger partial charge in [0, 0.05) is 10.6 Å². The molecular formula is C25H25ClN2O3. The van der Waals surface area contributed by atoms with Gasteiger partial charge in [-0.15, -0.1) is 0 Å². The van der Waals surface area contributed by atoms with E-state index in [0.29, 0.717) is 17.3 Å². The highest BCUT2D eigenvalue weighted by Crippen LogP contribution is 2.33. The quantitative estimate of drug-likeness (QED) is 0.525. The average molecular weight is 437 g/mol. The zero-order valence-corrected chi connectivity index (χ0v) is 18.2. The number of benzene rings is 3. The molecule has 2 unspecified atom stereocenters. The molecule has 0 bridgehead atoms. The van der Waals surface area contributed by atoms with Gasteiger partial charge < -0.3 is 20.1 Å². The summed E-state index contributed by atoms with van der Waals surface area (Å²) >= 11 is 6.15. The van der Waals surface area contributed by atoms with E-state index >= 15 is 0 Å². The lowest BCUT2D eigenvalue weighted by molar-refractivity contribution is -0.284. The first kappa shape index (κ1) is 21.4. The molecule has 160 valence electrons. The Morgan fingerprint density at radius 3 is 2.52 bits per heavy atom. The van der Waals surface area contributed by atoms with E-state index in [1.807, 2.05) is 92.7 Å². The van der Waals surface area contributed by atoms with Crippen molar-refractivity contribution < 1.29 is 14.3 Å². The number of amides is 2. The predicted octanol–water partition coefficient (Wildman–Crippen LogP) is 6.02. The van der Waals surface area contributed by atoms with Gasteiger partial charge in [0.1, 0.15) is 6.10 Å². The molecule has 4 rings (SSSR count). The number of nitrogens with one attached hydrogen (secondary N) is 2. The maximum absolute atomic E-state index is 12.9. The van der Waals surface area contributed by atoms with E-state index < -0.39 is 5.79 Å². The Hall–Kier alpha value is -2.86. The molecule has 5 nitrogen and oxygen atoms in total. The highest BCUT2D eigenvalue weighted by Gasteiger charge is 2.38. The van der Waals surface area contributed by atoms with E-state index in [1.165, 1.54) is 0 Å². The summed E-state index contributed by atoms with van der Waals surface area (Å²) in [5.74, 6) is -0.728. The van der Waals surface area contributed by atoms with Crippen LogP contribution < -0.4 is 10.6 Å². The van der Waals surface area contributed by atoms with E-state index in [2.05, 4.69) is 10.6 Å². The van der Waals surface area contributed by atoms with Crippen molar-refractivity contribution in [3.05, 3.63) is 89.4 Å². The molecule has 3 aromatic carbocycles. The average Bonchev–Trinajstić information content (AvgIpc) is 2.76. The number of ether oxygens (including phenoxy) is 2.